The second-order valence-electron chi connectivity index (χ2n) is 7.20. The Hall–Kier alpha value is -3.37. The summed E-state index contributed by atoms with van der Waals surface area (Å²) in [4.78, 5) is 28.2. The summed E-state index contributed by atoms with van der Waals surface area (Å²) in [7, 11) is 0. The fourth-order valence-electron chi connectivity index (χ4n) is 3.51. The van der Waals surface area contributed by atoms with Crippen molar-refractivity contribution in [3.63, 3.8) is 0 Å². The smallest absolute Gasteiger partial charge is 0.434 e. The van der Waals surface area contributed by atoms with Crippen molar-refractivity contribution in [1.29, 1.82) is 0 Å². The largest absolute Gasteiger partial charge is 0.573 e. The van der Waals surface area contributed by atoms with Crippen molar-refractivity contribution in [2.24, 2.45) is 0 Å². The summed E-state index contributed by atoms with van der Waals surface area (Å²) >= 11 is 0. The number of hydrogen-bond donors (Lipinski definition) is 0. The molecule has 1 aliphatic heterocycles. The van der Waals surface area contributed by atoms with Crippen LogP contribution in [0.2, 0.25) is 0 Å². The van der Waals surface area contributed by atoms with E-state index in [4.69, 9.17) is 0 Å². The first kappa shape index (κ1) is 24.3. The van der Waals surface area contributed by atoms with E-state index < -0.39 is 18.9 Å². The first-order valence-electron chi connectivity index (χ1n) is 10.1. The first-order chi connectivity index (χ1) is 15.6. The van der Waals surface area contributed by atoms with Gasteiger partial charge in [-0.15, -0.1) is 13.2 Å². The van der Waals surface area contributed by atoms with Gasteiger partial charge in [-0.3, -0.25) is 9.59 Å². The molecule has 0 spiro atoms. The minimum atomic E-state index is -4.83. The Kier molecular flexibility index (Phi) is 7.72. The van der Waals surface area contributed by atoms with Crippen LogP contribution < -0.4 is 9.47 Å². The van der Waals surface area contributed by atoms with E-state index in [1.807, 2.05) is 0 Å². The van der Waals surface area contributed by atoms with E-state index in [-0.39, 0.29) is 67.6 Å². The number of hydrogen-bond acceptors (Lipinski definition) is 4. The van der Waals surface area contributed by atoms with Crippen molar-refractivity contribution in [1.82, 2.24) is 9.80 Å². The van der Waals surface area contributed by atoms with Crippen molar-refractivity contribution in [3.05, 3.63) is 59.7 Å². The molecule has 1 saturated heterocycles. The number of amides is 2. The van der Waals surface area contributed by atoms with Crippen molar-refractivity contribution in [2.45, 2.75) is 25.8 Å². The molecule has 0 radical (unpaired) electrons. The SMILES string of the molecule is O=C(CCc1ccccc1OC(F)(F)F)N1CCN(C(=O)c2ccccc2OC(F)F)CC1. The van der Waals surface area contributed by atoms with Gasteiger partial charge in [0.05, 0.1) is 5.56 Å². The summed E-state index contributed by atoms with van der Waals surface area (Å²) in [6.45, 7) is -2.28. The zero-order chi connectivity index (χ0) is 24.0. The van der Waals surface area contributed by atoms with Gasteiger partial charge in [-0.2, -0.15) is 8.78 Å². The van der Waals surface area contributed by atoms with Gasteiger partial charge in [0.2, 0.25) is 5.91 Å². The summed E-state index contributed by atoms with van der Waals surface area (Å²) in [5.74, 6) is -1.34. The summed E-state index contributed by atoms with van der Waals surface area (Å²) in [6.07, 6.45) is -4.80. The molecule has 0 N–H and O–H groups in total. The fraction of sp³-hybridized carbons (Fsp3) is 0.364. The fourth-order valence-corrected chi connectivity index (χ4v) is 3.51. The zero-order valence-corrected chi connectivity index (χ0v) is 17.4. The van der Waals surface area contributed by atoms with Gasteiger partial charge in [0.15, 0.2) is 0 Å². The van der Waals surface area contributed by atoms with E-state index in [9.17, 15) is 31.5 Å². The molecule has 2 aromatic carbocycles. The monoisotopic (exact) mass is 472 g/mol. The van der Waals surface area contributed by atoms with Gasteiger partial charge in [-0.05, 0) is 30.2 Å². The van der Waals surface area contributed by atoms with Crippen LogP contribution in [0.25, 0.3) is 0 Å². The molecular formula is C22H21F5N2O4. The summed E-state index contributed by atoms with van der Waals surface area (Å²) in [5.41, 5.74) is 0.256. The Morgan fingerprint density at radius 1 is 0.879 bits per heavy atom. The van der Waals surface area contributed by atoms with Crippen LogP contribution in [0.4, 0.5) is 22.0 Å². The third kappa shape index (κ3) is 6.80. The van der Waals surface area contributed by atoms with E-state index in [1.165, 1.54) is 52.3 Å². The van der Waals surface area contributed by atoms with Crippen molar-refractivity contribution in [2.75, 3.05) is 26.2 Å². The van der Waals surface area contributed by atoms with Crippen LogP contribution in [0, 0.1) is 0 Å². The molecule has 11 heteroatoms. The normalized spacial score (nSPS) is 14.4. The van der Waals surface area contributed by atoms with Crippen LogP contribution in [0.1, 0.15) is 22.3 Å². The Morgan fingerprint density at radius 3 is 2.09 bits per heavy atom. The number of carbonyl (C=O) groups excluding carboxylic acids is 2. The number of piperazine rings is 1. The van der Waals surface area contributed by atoms with E-state index in [2.05, 4.69) is 9.47 Å². The van der Waals surface area contributed by atoms with Crippen LogP contribution in [0.3, 0.4) is 0 Å². The number of rotatable bonds is 7. The highest BCUT2D eigenvalue weighted by Crippen LogP contribution is 2.27. The van der Waals surface area contributed by atoms with Gasteiger partial charge in [-0.1, -0.05) is 30.3 Å². The second-order valence-corrected chi connectivity index (χ2v) is 7.20. The van der Waals surface area contributed by atoms with Crippen LogP contribution in [-0.4, -0.2) is 60.8 Å². The van der Waals surface area contributed by atoms with E-state index in [1.54, 1.807) is 6.07 Å². The maximum Gasteiger partial charge on any atom is 0.573 e. The first-order valence-corrected chi connectivity index (χ1v) is 10.1. The van der Waals surface area contributed by atoms with E-state index in [0.29, 0.717) is 0 Å². The lowest BCUT2D eigenvalue weighted by Crippen LogP contribution is -2.50. The Labute approximate surface area is 186 Å². The van der Waals surface area contributed by atoms with Gasteiger partial charge < -0.3 is 19.3 Å². The van der Waals surface area contributed by atoms with Crippen LogP contribution >= 0.6 is 0 Å². The Bertz CT molecular complexity index is 975. The van der Waals surface area contributed by atoms with Crippen LogP contribution in [0.5, 0.6) is 11.5 Å². The number of ether oxygens (including phenoxy) is 2. The number of aryl methyl sites for hydroxylation is 1. The van der Waals surface area contributed by atoms with E-state index in [0.717, 1.165) is 0 Å². The Balaban J connectivity index is 1.55. The van der Waals surface area contributed by atoms with Gasteiger partial charge in [-0.25, -0.2) is 0 Å². The lowest BCUT2D eigenvalue weighted by atomic mass is 10.1. The van der Waals surface area contributed by atoms with Gasteiger partial charge >= 0.3 is 13.0 Å². The highest BCUT2D eigenvalue weighted by molar-refractivity contribution is 5.97. The third-order valence-electron chi connectivity index (χ3n) is 5.06. The molecule has 0 atom stereocenters. The number of halogens is 5. The third-order valence-corrected chi connectivity index (χ3v) is 5.06. The second kappa shape index (κ2) is 10.5. The molecule has 178 valence electrons. The molecule has 2 aromatic rings. The molecular weight excluding hydrogens is 451 g/mol. The molecule has 0 bridgehead atoms. The average Bonchev–Trinajstić information content (AvgIpc) is 2.77. The number of nitrogens with zero attached hydrogens (tertiary/aromatic N) is 2. The molecule has 2 amide bonds. The molecule has 3 rings (SSSR count). The van der Waals surface area contributed by atoms with E-state index >= 15 is 0 Å². The van der Waals surface area contributed by atoms with Gasteiger partial charge in [0, 0.05) is 32.6 Å². The van der Waals surface area contributed by atoms with Crippen molar-refractivity contribution in [3.8, 4) is 11.5 Å². The number of para-hydroxylation sites is 2. The van der Waals surface area contributed by atoms with Crippen LogP contribution in [-0.2, 0) is 11.2 Å². The summed E-state index contributed by atoms with van der Waals surface area (Å²) in [6, 6.07) is 11.3. The molecule has 0 unspecified atom stereocenters. The predicted molar refractivity (Wildman–Crippen MR) is 107 cm³/mol. The molecule has 0 aromatic heterocycles. The quantitative estimate of drug-likeness (QED) is 0.570. The van der Waals surface area contributed by atoms with Crippen LogP contribution in [0.15, 0.2) is 48.5 Å². The maximum atomic E-state index is 12.7. The summed E-state index contributed by atoms with van der Waals surface area (Å²) in [5, 5.41) is 0. The molecule has 0 saturated carbocycles. The van der Waals surface area contributed by atoms with Gasteiger partial charge in [0.25, 0.3) is 5.91 Å². The molecule has 1 aliphatic rings. The zero-order valence-electron chi connectivity index (χ0n) is 17.4. The molecule has 0 aliphatic carbocycles. The summed E-state index contributed by atoms with van der Waals surface area (Å²) < 4.78 is 71.2. The highest BCUT2D eigenvalue weighted by atomic mass is 19.4. The Morgan fingerprint density at radius 2 is 1.45 bits per heavy atom. The lowest BCUT2D eigenvalue weighted by Gasteiger charge is -2.35. The minimum absolute atomic E-state index is 0.00107. The highest BCUT2D eigenvalue weighted by Gasteiger charge is 2.32. The molecule has 1 heterocycles. The standard InChI is InChI=1S/C22H21F5N2O4/c23-21(24)32-18-8-4-2-6-16(18)20(31)29-13-11-28(12-14-29)19(30)10-9-15-5-1-3-7-17(15)33-22(25,26)27/h1-8,21H,9-14H2. The van der Waals surface area contributed by atoms with Gasteiger partial charge in [0.1, 0.15) is 11.5 Å². The maximum absolute atomic E-state index is 12.7. The number of benzene rings is 2. The predicted octanol–water partition coefficient (Wildman–Crippen LogP) is 4.10. The van der Waals surface area contributed by atoms with Crippen molar-refractivity contribution < 1.29 is 41.0 Å². The average molecular weight is 472 g/mol. The topological polar surface area (TPSA) is 59.1 Å². The minimum Gasteiger partial charge on any atom is -0.434 e. The van der Waals surface area contributed by atoms with Crippen molar-refractivity contribution >= 4 is 11.8 Å². The lowest BCUT2D eigenvalue weighted by molar-refractivity contribution is -0.274. The molecule has 6 nitrogen and oxygen atoms in total. The molecule has 1 fully saturated rings. The number of carbonyl (C=O) groups is 2. The number of alkyl halides is 5. The molecule has 33 heavy (non-hydrogen) atoms.